The van der Waals surface area contributed by atoms with Gasteiger partial charge >= 0.3 is 0 Å². The Morgan fingerprint density at radius 2 is 1.85 bits per heavy atom. The van der Waals surface area contributed by atoms with Gasteiger partial charge in [-0.2, -0.15) is 0 Å². The van der Waals surface area contributed by atoms with E-state index in [9.17, 15) is 9.59 Å². The van der Waals surface area contributed by atoms with Crippen molar-refractivity contribution in [1.82, 2.24) is 0 Å². The summed E-state index contributed by atoms with van der Waals surface area (Å²) in [7, 11) is 0. The average Bonchev–Trinajstić information content (AvgIpc) is 2.01. The van der Waals surface area contributed by atoms with E-state index in [0.717, 1.165) is 6.42 Å². The van der Waals surface area contributed by atoms with Gasteiger partial charge in [0, 0.05) is 6.42 Å². The van der Waals surface area contributed by atoms with E-state index in [1.165, 1.54) is 13.0 Å². The van der Waals surface area contributed by atoms with Gasteiger partial charge in [0.15, 0.2) is 5.78 Å². The highest BCUT2D eigenvalue weighted by Crippen LogP contribution is 1.88. The number of Topliss-reactive ketones (excluding diaryl/α,β-unsaturated/α-hetero) is 1. The fourth-order valence-electron chi connectivity index (χ4n) is 0.540. The van der Waals surface area contributed by atoms with Crippen LogP contribution in [0.1, 0.15) is 33.6 Å². The molecule has 0 aliphatic heterocycles. The van der Waals surface area contributed by atoms with Gasteiger partial charge in [-0.15, -0.1) is 6.58 Å². The molecule has 0 aliphatic rings. The maximum Gasteiger partial charge on any atom is 0.152 e. The van der Waals surface area contributed by atoms with Crippen molar-refractivity contribution in [2.75, 3.05) is 0 Å². The Hall–Kier alpha value is -1.18. The zero-order valence-corrected chi connectivity index (χ0v) is 8.67. The van der Waals surface area contributed by atoms with Crippen LogP contribution in [0.4, 0.5) is 0 Å². The molecule has 0 unspecified atom stereocenters. The minimum Gasteiger partial charge on any atom is -0.300 e. The second kappa shape index (κ2) is 10.8. The van der Waals surface area contributed by atoms with Crippen molar-refractivity contribution in [3.8, 4) is 0 Å². The maximum absolute atomic E-state index is 10.2. The Bertz CT molecular complexity index is 190. The molecule has 0 saturated heterocycles. The lowest BCUT2D eigenvalue weighted by Crippen LogP contribution is -1.85. The average molecular weight is 182 g/mol. The summed E-state index contributed by atoms with van der Waals surface area (Å²) < 4.78 is 0. The van der Waals surface area contributed by atoms with Gasteiger partial charge in [0.1, 0.15) is 5.78 Å². The Balaban J connectivity index is 0. The molecule has 74 valence electrons. The van der Waals surface area contributed by atoms with Crippen LogP contribution in [0.5, 0.6) is 0 Å². The second-order valence-corrected chi connectivity index (χ2v) is 2.64. The van der Waals surface area contributed by atoms with Gasteiger partial charge in [0.25, 0.3) is 0 Å². The van der Waals surface area contributed by atoms with Crippen LogP contribution in [0.25, 0.3) is 0 Å². The van der Waals surface area contributed by atoms with Crippen LogP contribution >= 0.6 is 0 Å². The Labute approximate surface area is 80.3 Å². The molecule has 0 saturated carbocycles. The van der Waals surface area contributed by atoms with Crippen molar-refractivity contribution < 1.29 is 9.59 Å². The number of carbonyl (C=O) groups is 2. The largest absolute Gasteiger partial charge is 0.300 e. The van der Waals surface area contributed by atoms with Gasteiger partial charge < -0.3 is 4.79 Å². The molecule has 0 atom stereocenters. The fraction of sp³-hybridized carbons (Fsp3) is 0.455. The van der Waals surface area contributed by atoms with E-state index in [4.69, 9.17) is 0 Å². The first-order chi connectivity index (χ1) is 6.04. The third-order valence-electron chi connectivity index (χ3n) is 1.10. The van der Waals surface area contributed by atoms with Crippen LogP contribution in [0.3, 0.4) is 0 Å². The first kappa shape index (κ1) is 14.3. The van der Waals surface area contributed by atoms with E-state index in [-0.39, 0.29) is 11.6 Å². The maximum atomic E-state index is 10.2. The second-order valence-electron chi connectivity index (χ2n) is 2.64. The van der Waals surface area contributed by atoms with Gasteiger partial charge in [-0.1, -0.05) is 12.2 Å². The fourth-order valence-corrected chi connectivity index (χ4v) is 0.540. The monoisotopic (exact) mass is 182 g/mol. The quantitative estimate of drug-likeness (QED) is 0.495. The zero-order chi connectivity index (χ0) is 10.7. The number of hydrogen-bond acceptors (Lipinski definition) is 2. The Morgan fingerprint density at radius 3 is 1.92 bits per heavy atom. The molecule has 0 heterocycles. The summed E-state index contributed by atoms with van der Waals surface area (Å²) in [6, 6.07) is 0. The summed E-state index contributed by atoms with van der Waals surface area (Å²) in [6.45, 7) is 8.42. The highest BCUT2D eigenvalue weighted by atomic mass is 16.1. The number of rotatable bonds is 4. The molecule has 0 aromatic carbocycles. The molecule has 0 fully saturated rings. The van der Waals surface area contributed by atoms with Crippen LogP contribution in [-0.2, 0) is 9.59 Å². The molecular formula is C11H18O2. The van der Waals surface area contributed by atoms with Crippen molar-refractivity contribution in [2.24, 2.45) is 0 Å². The highest BCUT2D eigenvalue weighted by Gasteiger charge is 1.85. The van der Waals surface area contributed by atoms with E-state index in [1.54, 1.807) is 19.1 Å². The zero-order valence-electron chi connectivity index (χ0n) is 8.67. The lowest BCUT2D eigenvalue weighted by atomic mass is 10.2. The van der Waals surface area contributed by atoms with E-state index in [2.05, 4.69) is 6.58 Å². The van der Waals surface area contributed by atoms with Crippen molar-refractivity contribution >= 4 is 11.6 Å². The first-order valence-corrected chi connectivity index (χ1v) is 4.28. The molecule has 0 aromatic rings. The molecule has 2 heteroatoms. The van der Waals surface area contributed by atoms with Gasteiger partial charge in [0.2, 0.25) is 0 Å². The summed E-state index contributed by atoms with van der Waals surface area (Å²) in [4.78, 5) is 20.1. The van der Waals surface area contributed by atoms with Gasteiger partial charge in [-0.3, -0.25) is 4.79 Å². The standard InChI is InChI=1S/C6H10O.C5H8O/c1-3-4-5-6(2)7;1-3-4-5(2)6/h3H,1,4-5H2,2H3;3-4H,1-2H3. The van der Waals surface area contributed by atoms with E-state index in [1.807, 2.05) is 6.92 Å². The molecule has 0 rings (SSSR count). The summed E-state index contributed by atoms with van der Waals surface area (Å²) in [6.07, 6.45) is 6.46. The topological polar surface area (TPSA) is 34.1 Å². The van der Waals surface area contributed by atoms with E-state index in [0.29, 0.717) is 6.42 Å². The predicted octanol–water partition coefficient (Wildman–Crippen LogP) is 2.69. The number of allylic oxidation sites excluding steroid dienone is 3. The Kier molecular flexibility index (Phi) is 11.9. The lowest BCUT2D eigenvalue weighted by Gasteiger charge is -1.82. The molecule has 0 aliphatic carbocycles. The molecule has 0 aromatic heterocycles. The van der Waals surface area contributed by atoms with Crippen molar-refractivity contribution in [3.63, 3.8) is 0 Å². The van der Waals surface area contributed by atoms with Gasteiger partial charge in [-0.25, -0.2) is 0 Å². The van der Waals surface area contributed by atoms with Crippen molar-refractivity contribution in [2.45, 2.75) is 33.6 Å². The minimum atomic E-state index is 0.109. The minimum absolute atomic E-state index is 0.109. The van der Waals surface area contributed by atoms with Crippen LogP contribution in [-0.4, -0.2) is 11.6 Å². The molecule has 0 amide bonds. The van der Waals surface area contributed by atoms with Crippen LogP contribution in [0.15, 0.2) is 24.8 Å². The summed E-state index contributed by atoms with van der Waals surface area (Å²) in [5.41, 5.74) is 0. The SMILES string of the molecule is C=CCCC(C)=O.CC=CC(C)=O. The third-order valence-corrected chi connectivity index (χ3v) is 1.10. The van der Waals surface area contributed by atoms with Crippen molar-refractivity contribution in [3.05, 3.63) is 24.8 Å². The number of ketones is 2. The highest BCUT2D eigenvalue weighted by molar-refractivity contribution is 5.87. The van der Waals surface area contributed by atoms with Crippen LogP contribution in [0.2, 0.25) is 0 Å². The predicted molar refractivity (Wildman–Crippen MR) is 55.6 cm³/mol. The summed E-state index contributed by atoms with van der Waals surface area (Å²) in [5.74, 6) is 0.345. The van der Waals surface area contributed by atoms with Gasteiger partial charge in [0.05, 0.1) is 0 Å². The third kappa shape index (κ3) is 24.8. The molecule has 13 heavy (non-hydrogen) atoms. The Morgan fingerprint density at radius 1 is 1.31 bits per heavy atom. The molecule has 0 spiro atoms. The molecular weight excluding hydrogens is 164 g/mol. The molecule has 0 N–H and O–H groups in total. The number of carbonyl (C=O) groups excluding carboxylic acids is 2. The van der Waals surface area contributed by atoms with Crippen LogP contribution in [0, 0.1) is 0 Å². The van der Waals surface area contributed by atoms with E-state index >= 15 is 0 Å². The summed E-state index contributed by atoms with van der Waals surface area (Å²) in [5, 5.41) is 0. The molecule has 2 nitrogen and oxygen atoms in total. The van der Waals surface area contributed by atoms with Gasteiger partial charge in [-0.05, 0) is 33.3 Å². The van der Waals surface area contributed by atoms with E-state index < -0.39 is 0 Å². The number of hydrogen-bond donors (Lipinski definition) is 0. The lowest BCUT2D eigenvalue weighted by molar-refractivity contribution is -0.117. The van der Waals surface area contributed by atoms with Crippen molar-refractivity contribution in [1.29, 1.82) is 0 Å². The van der Waals surface area contributed by atoms with Crippen LogP contribution < -0.4 is 0 Å². The molecule has 0 radical (unpaired) electrons. The smallest absolute Gasteiger partial charge is 0.152 e. The molecule has 0 bridgehead atoms. The summed E-state index contributed by atoms with van der Waals surface area (Å²) >= 11 is 0. The normalized spacial score (nSPS) is 8.85. The first-order valence-electron chi connectivity index (χ1n) is 4.28.